The molecule has 1 fully saturated rings. The number of aliphatic imine (C=N–C) groups is 2. The number of aliphatic hydroxyl groups excluding tert-OH is 7. The molecule has 0 saturated carbocycles. The first-order valence-corrected chi connectivity index (χ1v) is 16.4. The molecule has 18 N–H and O–H groups in total. The van der Waals surface area contributed by atoms with E-state index in [2.05, 4.69) is 31.3 Å². The number of carbonyl (C=O) groups excluding carboxylic acids is 4. The lowest BCUT2D eigenvalue weighted by molar-refractivity contribution is -0.260. The topological polar surface area (TPSA) is 393 Å². The minimum atomic E-state index is -2.08. The second-order valence-electron chi connectivity index (χ2n) is 12.7. The van der Waals surface area contributed by atoms with Crippen LogP contribution in [0.4, 0.5) is 0 Å². The summed E-state index contributed by atoms with van der Waals surface area (Å²) in [6.45, 7) is -2.23. The number of rotatable bonds is 16. The van der Waals surface area contributed by atoms with Crippen LogP contribution in [-0.2, 0) is 30.3 Å². The van der Waals surface area contributed by atoms with Crippen LogP contribution in [0.1, 0.15) is 5.56 Å². The Bertz CT molecular complexity index is 1520. The number of nitrogens with zero attached hydrogens (tertiary/aromatic N) is 3. The highest BCUT2D eigenvalue weighted by Gasteiger charge is 2.52. The van der Waals surface area contributed by atoms with Gasteiger partial charge in [-0.2, -0.15) is 0 Å². The molecule has 3 aliphatic rings. The number of nitrogens with two attached hydrogens (primary N) is 3. The molecule has 0 aliphatic carbocycles. The Balaban J connectivity index is 1.63. The molecule has 3 amide bonds. The van der Waals surface area contributed by atoms with E-state index in [9.17, 15) is 60.0 Å². The molecule has 13 atom stereocenters. The van der Waals surface area contributed by atoms with Gasteiger partial charge < -0.3 is 93.8 Å². The van der Waals surface area contributed by atoms with Crippen molar-refractivity contribution in [3.05, 3.63) is 29.8 Å². The number of benzene rings is 1. The van der Waals surface area contributed by atoms with Gasteiger partial charge in [0.2, 0.25) is 17.7 Å². The van der Waals surface area contributed by atoms with Gasteiger partial charge >= 0.3 is 0 Å². The highest BCUT2D eigenvalue weighted by Crippen LogP contribution is 2.28. The quantitative estimate of drug-likeness (QED) is 0.0697. The number of aldehydes is 1. The number of hydrogen-bond donors (Lipinski definition) is 15. The van der Waals surface area contributed by atoms with E-state index < -0.39 is 117 Å². The zero-order valence-corrected chi connectivity index (χ0v) is 28.1. The standard InChI is InChI=1S/C30H46N10O13/c31-14(5-11-1-3-13(44)4-2-11)25(50)38-18(20(45)15-6-34-29(32)37-15)27(52)39-19(26(51)36-12(8-41)9-42)21(46)16-7-35-30(33)40(16)28-24(49)23(48)22(47)17(10-43)53-28/h1-4,8,12,14-24,28,42-49H,5-7,9-10,31H2,(H2,33,35)(H,36,51)(H,38,50)(H,39,52)(H3,32,34,37). The molecule has 1 aromatic carbocycles. The number of nitrogens with one attached hydrogen (secondary N) is 4. The Kier molecular flexibility index (Phi) is 13.8. The van der Waals surface area contributed by atoms with Crippen molar-refractivity contribution in [2.45, 2.75) is 85.5 Å². The molecule has 13 unspecified atom stereocenters. The fourth-order valence-corrected chi connectivity index (χ4v) is 6.05. The molecule has 4 rings (SSSR count). The van der Waals surface area contributed by atoms with Gasteiger partial charge in [0.05, 0.1) is 44.4 Å². The highest BCUT2D eigenvalue weighted by atomic mass is 16.6. The molecule has 3 heterocycles. The maximum absolute atomic E-state index is 14.0. The minimum absolute atomic E-state index is 0.0282. The summed E-state index contributed by atoms with van der Waals surface area (Å²) in [5.41, 5.74) is 18.4. The van der Waals surface area contributed by atoms with Crippen LogP contribution in [0.3, 0.4) is 0 Å². The molecule has 3 aliphatic heterocycles. The Morgan fingerprint density at radius 3 is 2.13 bits per heavy atom. The summed E-state index contributed by atoms with van der Waals surface area (Å²) in [7, 11) is 0. The van der Waals surface area contributed by atoms with Crippen molar-refractivity contribution in [2.24, 2.45) is 27.2 Å². The molecule has 23 nitrogen and oxygen atoms in total. The average molecular weight is 755 g/mol. The van der Waals surface area contributed by atoms with Gasteiger partial charge in [0.15, 0.2) is 18.1 Å². The molecule has 0 spiro atoms. The van der Waals surface area contributed by atoms with E-state index in [0.29, 0.717) is 5.56 Å². The number of amides is 3. The SMILES string of the molecule is NC1=NCC(C(O)C(NC(=O)C(N)Cc2ccc(O)cc2)C(=O)NC(C(=O)NC(C=O)CO)C(O)C2CN=C(N)N2C2OC(CO)C(O)C(O)C2O)N1. The summed E-state index contributed by atoms with van der Waals surface area (Å²) in [4.78, 5) is 61.3. The average Bonchev–Trinajstić information content (AvgIpc) is 3.76. The summed E-state index contributed by atoms with van der Waals surface area (Å²) in [6.07, 6.45) is -12.4. The normalized spacial score (nSPS) is 29.0. The largest absolute Gasteiger partial charge is 0.508 e. The molecular weight excluding hydrogens is 708 g/mol. The molecule has 53 heavy (non-hydrogen) atoms. The van der Waals surface area contributed by atoms with Crippen LogP contribution in [0.2, 0.25) is 0 Å². The van der Waals surface area contributed by atoms with Crippen LogP contribution >= 0.6 is 0 Å². The van der Waals surface area contributed by atoms with E-state index in [-0.39, 0.29) is 36.9 Å². The zero-order valence-electron chi connectivity index (χ0n) is 28.1. The van der Waals surface area contributed by atoms with Crippen molar-refractivity contribution in [1.29, 1.82) is 0 Å². The number of guanidine groups is 2. The number of ether oxygens (including phenoxy) is 1. The van der Waals surface area contributed by atoms with Crippen LogP contribution in [0.15, 0.2) is 34.3 Å². The predicted molar refractivity (Wildman–Crippen MR) is 180 cm³/mol. The molecule has 0 aromatic heterocycles. The minimum Gasteiger partial charge on any atom is -0.508 e. The first kappa shape index (κ1) is 41.0. The van der Waals surface area contributed by atoms with E-state index in [1.54, 1.807) is 0 Å². The molecule has 1 aromatic rings. The predicted octanol–water partition coefficient (Wildman–Crippen LogP) is -9.29. The molecule has 1 saturated heterocycles. The van der Waals surface area contributed by atoms with Crippen molar-refractivity contribution in [1.82, 2.24) is 26.2 Å². The molecule has 294 valence electrons. The van der Waals surface area contributed by atoms with Gasteiger partial charge in [-0.1, -0.05) is 12.1 Å². The number of phenolic OH excluding ortho intramolecular Hbond substituents is 1. The van der Waals surface area contributed by atoms with E-state index in [4.69, 9.17) is 21.9 Å². The second-order valence-corrected chi connectivity index (χ2v) is 12.7. The Labute approximate surface area is 301 Å². The maximum atomic E-state index is 14.0. The summed E-state index contributed by atoms with van der Waals surface area (Å²) in [5.74, 6) is -3.92. The van der Waals surface area contributed by atoms with Gasteiger partial charge in [0.25, 0.3) is 0 Å². The Morgan fingerprint density at radius 2 is 1.55 bits per heavy atom. The van der Waals surface area contributed by atoms with Gasteiger partial charge in [0.1, 0.15) is 66.8 Å². The van der Waals surface area contributed by atoms with Crippen LogP contribution in [0, 0.1) is 0 Å². The smallest absolute Gasteiger partial charge is 0.246 e. The third-order valence-electron chi connectivity index (χ3n) is 9.06. The van der Waals surface area contributed by atoms with Crippen molar-refractivity contribution in [3.8, 4) is 5.75 Å². The monoisotopic (exact) mass is 754 g/mol. The molecule has 0 radical (unpaired) electrons. The molecule has 0 bridgehead atoms. The number of aliphatic hydroxyl groups is 7. The van der Waals surface area contributed by atoms with Crippen LogP contribution in [0.25, 0.3) is 0 Å². The summed E-state index contributed by atoms with van der Waals surface area (Å²) >= 11 is 0. The first-order chi connectivity index (χ1) is 25.1. The summed E-state index contributed by atoms with van der Waals surface area (Å²) < 4.78 is 5.58. The fourth-order valence-electron chi connectivity index (χ4n) is 6.05. The van der Waals surface area contributed by atoms with E-state index in [1.807, 2.05) is 0 Å². The number of phenols is 1. The van der Waals surface area contributed by atoms with Crippen molar-refractivity contribution < 1.29 is 64.8 Å². The van der Waals surface area contributed by atoms with E-state index in [1.165, 1.54) is 24.3 Å². The highest BCUT2D eigenvalue weighted by molar-refractivity contribution is 5.94. The summed E-state index contributed by atoms with van der Waals surface area (Å²) in [6, 6.07) is -3.49. The number of hydrogen-bond acceptors (Lipinski definition) is 20. The van der Waals surface area contributed by atoms with Gasteiger partial charge in [-0.05, 0) is 24.1 Å². The summed E-state index contributed by atoms with van der Waals surface area (Å²) in [5, 5.41) is 92.7. The van der Waals surface area contributed by atoms with Gasteiger partial charge in [-0.3, -0.25) is 24.4 Å². The third kappa shape index (κ3) is 9.45. The lowest BCUT2D eigenvalue weighted by Gasteiger charge is -2.46. The first-order valence-electron chi connectivity index (χ1n) is 16.4. The van der Waals surface area contributed by atoms with Crippen LogP contribution in [-0.4, -0.2) is 187 Å². The molecule has 23 heteroatoms. The zero-order chi connectivity index (χ0) is 39.1. The van der Waals surface area contributed by atoms with Gasteiger partial charge in [0, 0.05) is 0 Å². The third-order valence-corrected chi connectivity index (χ3v) is 9.06. The van der Waals surface area contributed by atoms with Gasteiger partial charge in [-0.25, -0.2) is 0 Å². The Morgan fingerprint density at radius 1 is 0.925 bits per heavy atom. The maximum Gasteiger partial charge on any atom is 0.246 e. The van der Waals surface area contributed by atoms with Crippen LogP contribution < -0.4 is 38.5 Å². The lowest BCUT2D eigenvalue weighted by Crippen LogP contribution is -2.70. The van der Waals surface area contributed by atoms with Crippen molar-refractivity contribution in [2.75, 3.05) is 26.3 Å². The lowest BCUT2D eigenvalue weighted by atomic mass is 9.95. The molecular formula is C30H46N10O13. The van der Waals surface area contributed by atoms with E-state index in [0.717, 1.165) is 4.90 Å². The van der Waals surface area contributed by atoms with Crippen molar-refractivity contribution in [3.63, 3.8) is 0 Å². The van der Waals surface area contributed by atoms with E-state index >= 15 is 0 Å². The fraction of sp³-hybridized carbons (Fsp3) is 0.600. The van der Waals surface area contributed by atoms with Crippen LogP contribution in [0.5, 0.6) is 5.75 Å². The number of aromatic hydroxyl groups is 1. The van der Waals surface area contributed by atoms with Crippen molar-refractivity contribution >= 4 is 35.9 Å². The van der Waals surface area contributed by atoms with Gasteiger partial charge in [-0.15, -0.1) is 0 Å². The Hall–Kier alpha value is -4.72. The second kappa shape index (κ2) is 17.9. The number of carbonyl (C=O) groups is 4.